The van der Waals surface area contributed by atoms with Gasteiger partial charge >= 0.3 is 0 Å². The summed E-state index contributed by atoms with van der Waals surface area (Å²) in [5.74, 6) is 8.25. The average molecular weight is 226 g/mol. The Labute approximate surface area is 101 Å². The van der Waals surface area contributed by atoms with E-state index in [0.717, 1.165) is 17.8 Å². The van der Waals surface area contributed by atoms with Gasteiger partial charge in [-0.3, -0.25) is 11.3 Å². The monoisotopic (exact) mass is 226 g/mol. The molecule has 0 aromatic heterocycles. The minimum atomic E-state index is 0.536. The van der Waals surface area contributed by atoms with Crippen molar-refractivity contribution in [1.82, 2.24) is 5.43 Å². The minimum Gasteiger partial charge on any atom is -0.271 e. The van der Waals surface area contributed by atoms with Crippen LogP contribution in [0.3, 0.4) is 0 Å². The van der Waals surface area contributed by atoms with Crippen molar-refractivity contribution in [3.05, 3.63) is 0 Å². The van der Waals surface area contributed by atoms with E-state index in [2.05, 4.69) is 26.2 Å². The van der Waals surface area contributed by atoms with Crippen molar-refractivity contribution in [1.29, 1.82) is 0 Å². The van der Waals surface area contributed by atoms with Crippen LogP contribution >= 0.6 is 0 Å². The van der Waals surface area contributed by atoms with Crippen molar-refractivity contribution < 1.29 is 0 Å². The first-order chi connectivity index (χ1) is 7.72. The van der Waals surface area contributed by atoms with E-state index in [1.54, 1.807) is 0 Å². The lowest BCUT2D eigenvalue weighted by Crippen LogP contribution is -2.46. The van der Waals surface area contributed by atoms with Gasteiger partial charge in [0.15, 0.2) is 0 Å². The molecule has 2 nitrogen and oxygen atoms in total. The van der Waals surface area contributed by atoms with E-state index >= 15 is 0 Å². The molecule has 1 saturated carbocycles. The Bertz CT molecular complexity index is 182. The fraction of sp³-hybridized carbons (Fsp3) is 1.00. The van der Waals surface area contributed by atoms with Crippen LogP contribution in [-0.4, -0.2) is 6.04 Å². The van der Waals surface area contributed by atoms with E-state index in [1.807, 2.05) is 0 Å². The number of rotatable bonds is 6. The third-order valence-corrected chi connectivity index (χ3v) is 4.46. The van der Waals surface area contributed by atoms with Crippen LogP contribution in [0.2, 0.25) is 0 Å². The molecule has 4 atom stereocenters. The molecule has 0 spiro atoms. The highest BCUT2D eigenvalue weighted by Gasteiger charge is 2.29. The van der Waals surface area contributed by atoms with E-state index in [-0.39, 0.29) is 0 Å². The zero-order chi connectivity index (χ0) is 12.0. The lowest BCUT2D eigenvalue weighted by atomic mass is 9.73. The lowest BCUT2D eigenvalue weighted by Gasteiger charge is -2.37. The molecule has 1 fully saturated rings. The van der Waals surface area contributed by atoms with Crippen LogP contribution in [0.1, 0.15) is 65.7 Å². The zero-order valence-electron chi connectivity index (χ0n) is 11.3. The van der Waals surface area contributed by atoms with Crippen LogP contribution in [0.4, 0.5) is 0 Å². The van der Waals surface area contributed by atoms with E-state index in [1.165, 1.54) is 44.9 Å². The Morgan fingerprint density at radius 3 is 2.62 bits per heavy atom. The molecule has 0 aliphatic heterocycles. The topological polar surface area (TPSA) is 38.0 Å². The van der Waals surface area contributed by atoms with Crippen LogP contribution < -0.4 is 11.3 Å². The molecule has 0 saturated heterocycles. The molecule has 4 unspecified atom stereocenters. The third-order valence-electron chi connectivity index (χ3n) is 4.46. The van der Waals surface area contributed by atoms with Gasteiger partial charge in [-0.25, -0.2) is 0 Å². The summed E-state index contributed by atoms with van der Waals surface area (Å²) < 4.78 is 0. The summed E-state index contributed by atoms with van der Waals surface area (Å²) in [7, 11) is 0. The summed E-state index contributed by atoms with van der Waals surface area (Å²) in [6.07, 6.45) is 9.51. The second-order valence-electron chi connectivity index (χ2n) is 5.66. The maximum absolute atomic E-state index is 5.77. The van der Waals surface area contributed by atoms with Crippen molar-refractivity contribution >= 4 is 0 Å². The van der Waals surface area contributed by atoms with Gasteiger partial charge in [-0.2, -0.15) is 0 Å². The van der Waals surface area contributed by atoms with Gasteiger partial charge in [0.25, 0.3) is 0 Å². The summed E-state index contributed by atoms with van der Waals surface area (Å²) in [5.41, 5.74) is 3.10. The van der Waals surface area contributed by atoms with Crippen molar-refractivity contribution in [3.63, 3.8) is 0 Å². The Hall–Kier alpha value is -0.0800. The Balaban J connectivity index is 2.50. The lowest BCUT2D eigenvalue weighted by molar-refractivity contribution is 0.169. The van der Waals surface area contributed by atoms with E-state index in [9.17, 15) is 0 Å². The van der Waals surface area contributed by atoms with Gasteiger partial charge in [-0.05, 0) is 37.0 Å². The molecule has 0 aromatic carbocycles. The second-order valence-corrected chi connectivity index (χ2v) is 5.66. The molecule has 0 heterocycles. The molecule has 2 heteroatoms. The van der Waals surface area contributed by atoms with Gasteiger partial charge in [0.1, 0.15) is 0 Å². The molecule has 1 rings (SSSR count). The molecule has 0 radical (unpaired) electrons. The second kappa shape index (κ2) is 7.29. The molecule has 16 heavy (non-hydrogen) atoms. The fourth-order valence-corrected chi connectivity index (χ4v) is 3.43. The molecule has 96 valence electrons. The van der Waals surface area contributed by atoms with Gasteiger partial charge < -0.3 is 0 Å². The SMILES string of the molecule is CCCC(C)C(NN)C1CCCC(CC)C1. The van der Waals surface area contributed by atoms with Crippen molar-refractivity contribution in [2.24, 2.45) is 23.6 Å². The predicted molar refractivity (Wildman–Crippen MR) is 70.9 cm³/mol. The Morgan fingerprint density at radius 1 is 1.31 bits per heavy atom. The summed E-state index contributed by atoms with van der Waals surface area (Å²) in [6.45, 7) is 6.94. The van der Waals surface area contributed by atoms with Crippen molar-refractivity contribution in [3.8, 4) is 0 Å². The van der Waals surface area contributed by atoms with Crippen LogP contribution in [0.15, 0.2) is 0 Å². The first-order valence-electron chi connectivity index (χ1n) is 7.19. The number of hydrogen-bond donors (Lipinski definition) is 2. The van der Waals surface area contributed by atoms with E-state index < -0.39 is 0 Å². The Morgan fingerprint density at radius 2 is 2.06 bits per heavy atom. The quantitative estimate of drug-likeness (QED) is 0.537. The largest absolute Gasteiger partial charge is 0.271 e. The summed E-state index contributed by atoms with van der Waals surface area (Å²) in [4.78, 5) is 0. The van der Waals surface area contributed by atoms with Gasteiger partial charge in [0.2, 0.25) is 0 Å². The zero-order valence-corrected chi connectivity index (χ0v) is 11.3. The van der Waals surface area contributed by atoms with Gasteiger partial charge in [-0.15, -0.1) is 0 Å². The average Bonchev–Trinajstić information content (AvgIpc) is 2.31. The standard InChI is InChI=1S/C14H30N2/c1-4-7-11(3)14(16-15)13-9-6-8-12(5-2)10-13/h11-14,16H,4-10,15H2,1-3H3. The molecular weight excluding hydrogens is 196 g/mol. The molecular formula is C14H30N2. The number of hydrazine groups is 1. The first kappa shape index (κ1) is 14.0. The van der Waals surface area contributed by atoms with Gasteiger partial charge in [-0.1, -0.05) is 46.5 Å². The number of nitrogens with two attached hydrogens (primary N) is 1. The third kappa shape index (κ3) is 3.74. The van der Waals surface area contributed by atoms with Crippen LogP contribution in [0.25, 0.3) is 0 Å². The maximum atomic E-state index is 5.77. The summed E-state index contributed by atoms with van der Waals surface area (Å²) >= 11 is 0. The number of nitrogens with one attached hydrogen (secondary N) is 1. The molecule has 0 bridgehead atoms. The van der Waals surface area contributed by atoms with E-state index in [4.69, 9.17) is 5.84 Å². The van der Waals surface area contributed by atoms with Crippen LogP contribution in [0.5, 0.6) is 0 Å². The van der Waals surface area contributed by atoms with Crippen molar-refractivity contribution in [2.75, 3.05) is 0 Å². The molecule has 0 aromatic rings. The van der Waals surface area contributed by atoms with Gasteiger partial charge in [0, 0.05) is 6.04 Å². The predicted octanol–water partition coefficient (Wildman–Crippen LogP) is 3.47. The molecule has 3 N–H and O–H groups in total. The maximum Gasteiger partial charge on any atom is 0.0264 e. The highest BCUT2D eigenvalue weighted by Crippen LogP contribution is 2.35. The normalized spacial score (nSPS) is 30.0. The first-order valence-corrected chi connectivity index (χ1v) is 7.19. The molecule has 1 aliphatic rings. The Kier molecular flexibility index (Phi) is 6.37. The van der Waals surface area contributed by atoms with Gasteiger partial charge in [0.05, 0.1) is 0 Å². The van der Waals surface area contributed by atoms with Crippen molar-refractivity contribution in [2.45, 2.75) is 71.8 Å². The molecule has 0 amide bonds. The summed E-state index contributed by atoms with van der Waals surface area (Å²) in [6, 6.07) is 0.536. The van der Waals surface area contributed by atoms with E-state index in [0.29, 0.717) is 6.04 Å². The fourth-order valence-electron chi connectivity index (χ4n) is 3.43. The smallest absolute Gasteiger partial charge is 0.0264 e. The number of hydrogen-bond acceptors (Lipinski definition) is 2. The molecule has 1 aliphatic carbocycles. The highest BCUT2D eigenvalue weighted by atomic mass is 15.2. The summed E-state index contributed by atoms with van der Waals surface area (Å²) in [5, 5.41) is 0. The van der Waals surface area contributed by atoms with Crippen LogP contribution in [0, 0.1) is 17.8 Å². The van der Waals surface area contributed by atoms with Crippen LogP contribution in [-0.2, 0) is 0 Å². The highest BCUT2D eigenvalue weighted by molar-refractivity contribution is 4.84. The minimum absolute atomic E-state index is 0.536.